The van der Waals surface area contributed by atoms with Crippen LogP contribution in [0, 0.1) is 11.8 Å². The highest BCUT2D eigenvalue weighted by atomic mass is 35.5. The zero-order chi connectivity index (χ0) is 20.8. The van der Waals surface area contributed by atoms with Crippen molar-refractivity contribution in [2.75, 3.05) is 0 Å². The summed E-state index contributed by atoms with van der Waals surface area (Å²) in [7, 11) is 0. The van der Waals surface area contributed by atoms with E-state index < -0.39 is 0 Å². The molecule has 0 spiro atoms. The summed E-state index contributed by atoms with van der Waals surface area (Å²) in [6.45, 7) is 0. The van der Waals surface area contributed by atoms with Gasteiger partial charge in [0, 0.05) is 55.6 Å². The molecule has 0 aliphatic heterocycles. The minimum Gasteiger partial charge on any atom is -0.215 e. The summed E-state index contributed by atoms with van der Waals surface area (Å²) in [6, 6.07) is 20.2. The zero-order valence-corrected chi connectivity index (χ0v) is 19.0. The molecule has 2 aliphatic carbocycles. The van der Waals surface area contributed by atoms with E-state index in [1.807, 2.05) is 97.1 Å². The van der Waals surface area contributed by atoms with Crippen molar-refractivity contribution in [1.29, 1.82) is 0 Å². The Labute approximate surface area is 195 Å². The fourth-order valence-corrected chi connectivity index (χ4v) is 4.85. The monoisotopic (exact) mass is 468 g/mol. The summed E-state index contributed by atoms with van der Waals surface area (Å²) in [6.07, 6.45) is 11.8. The molecule has 2 aromatic rings. The fraction of sp³-hybridized carbons (Fsp3) is 0.0833. The van der Waals surface area contributed by atoms with Gasteiger partial charge in [-0.15, -0.1) is 0 Å². The second-order valence-electron chi connectivity index (χ2n) is 6.66. The molecule has 0 N–H and O–H groups in total. The van der Waals surface area contributed by atoms with Crippen molar-refractivity contribution in [2.24, 2.45) is 20.6 Å². The highest BCUT2D eigenvalue weighted by Gasteiger charge is 2.29. The van der Waals surface area contributed by atoms with Gasteiger partial charge < -0.3 is 0 Å². The number of hydrogen-bond acceptors (Lipinski definition) is 4. The van der Waals surface area contributed by atoms with E-state index in [1.165, 1.54) is 23.9 Å². The molecule has 2 unspecified atom stereocenters. The van der Waals surface area contributed by atoms with Gasteiger partial charge in [-0.3, -0.25) is 0 Å². The lowest BCUT2D eigenvalue weighted by Gasteiger charge is -2.26. The van der Waals surface area contributed by atoms with Gasteiger partial charge >= 0.3 is 0 Å². The molecule has 0 heterocycles. The van der Waals surface area contributed by atoms with Gasteiger partial charge in [-0.1, -0.05) is 71.8 Å². The molecule has 0 fully saturated rings. The maximum absolute atomic E-state index is 6.37. The number of rotatable bonds is 5. The lowest BCUT2D eigenvalue weighted by Crippen LogP contribution is -2.28. The Morgan fingerprint density at radius 1 is 0.567 bits per heavy atom. The first kappa shape index (κ1) is 21.3. The van der Waals surface area contributed by atoms with Crippen LogP contribution in [0.2, 0.25) is 0 Å². The van der Waals surface area contributed by atoms with Crippen LogP contribution in [0.25, 0.3) is 0 Å². The number of halogens is 2. The van der Waals surface area contributed by atoms with E-state index in [2.05, 4.69) is 0 Å². The Morgan fingerprint density at radius 3 is 1.37 bits per heavy atom. The first-order valence-corrected chi connectivity index (χ1v) is 11.7. The van der Waals surface area contributed by atoms with Gasteiger partial charge in [-0.25, -0.2) is 8.80 Å². The molecule has 6 heteroatoms. The first-order chi connectivity index (χ1) is 14.7. The Morgan fingerprint density at radius 2 is 0.967 bits per heavy atom. The van der Waals surface area contributed by atoms with Crippen LogP contribution in [0.1, 0.15) is 0 Å². The maximum atomic E-state index is 6.37. The predicted molar refractivity (Wildman–Crippen MR) is 133 cm³/mol. The minimum atomic E-state index is -0.0486. The van der Waals surface area contributed by atoms with Gasteiger partial charge in [-0.2, -0.15) is 0 Å². The molecule has 0 radical (unpaired) electrons. The summed E-state index contributed by atoms with van der Waals surface area (Å²) in [5, 5.41) is 1.38. The summed E-state index contributed by atoms with van der Waals surface area (Å²) in [5.41, 5.74) is 1.87. The molecule has 2 aliphatic rings. The van der Waals surface area contributed by atoms with Crippen LogP contribution in [0.3, 0.4) is 0 Å². The van der Waals surface area contributed by atoms with Crippen molar-refractivity contribution >= 4 is 58.5 Å². The molecule has 4 rings (SSSR count). The van der Waals surface area contributed by atoms with Crippen molar-refractivity contribution in [3.8, 4) is 0 Å². The summed E-state index contributed by atoms with van der Waals surface area (Å²) in [5.74, 6) is -0.0972. The quantitative estimate of drug-likeness (QED) is 0.416. The van der Waals surface area contributed by atoms with Crippen molar-refractivity contribution in [2.45, 2.75) is 9.79 Å². The standard InChI is InChI=1S/C24H18Cl2N2S2/c25-17-11-13-23(27-29-19-7-3-1-4-8-19)21(15-17)22-16-18(26)12-14-24(22)28-30-20-9-5-2-6-10-20/h1-16,21-22H/b27-23-,28-24-. The molecule has 0 aromatic heterocycles. The third kappa shape index (κ3) is 5.58. The van der Waals surface area contributed by atoms with Gasteiger partial charge in [0.25, 0.3) is 0 Å². The third-order valence-electron chi connectivity index (χ3n) is 4.57. The van der Waals surface area contributed by atoms with Crippen LogP contribution in [0.4, 0.5) is 0 Å². The average molecular weight is 469 g/mol. The Kier molecular flexibility index (Phi) is 7.34. The van der Waals surface area contributed by atoms with E-state index >= 15 is 0 Å². The van der Waals surface area contributed by atoms with E-state index in [0.717, 1.165) is 21.2 Å². The second kappa shape index (κ2) is 10.4. The van der Waals surface area contributed by atoms with E-state index in [4.69, 9.17) is 32.0 Å². The molecule has 0 amide bonds. The van der Waals surface area contributed by atoms with Gasteiger partial charge in [0.15, 0.2) is 0 Å². The molecule has 0 bridgehead atoms. The van der Waals surface area contributed by atoms with Crippen LogP contribution in [-0.2, 0) is 0 Å². The second-order valence-corrected chi connectivity index (χ2v) is 9.21. The molecule has 150 valence electrons. The number of hydrogen-bond donors (Lipinski definition) is 0. The van der Waals surface area contributed by atoms with Crippen LogP contribution >= 0.6 is 47.1 Å². The molecular weight excluding hydrogens is 451 g/mol. The van der Waals surface area contributed by atoms with Crippen molar-refractivity contribution in [3.63, 3.8) is 0 Å². The third-order valence-corrected chi connectivity index (χ3v) is 6.65. The van der Waals surface area contributed by atoms with E-state index in [9.17, 15) is 0 Å². The summed E-state index contributed by atoms with van der Waals surface area (Å²) >= 11 is 15.6. The van der Waals surface area contributed by atoms with Crippen LogP contribution in [0.15, 0.2) is 126 Å². The average Bonchev–Trinajstić information content (AvgIpc) is 2.79. The Bertz CT molecular complexity index is 983. The maximum Gasteiger partial charge on any atom is 0.0570 e. The Hall–Kier alpha value is -1.98. The number of allylic oxidation sites excluding steroid dienone is 8. The molecule has 2 nitrogen and oxygen atoms in total. The predicted octanol–water partition coefficient (Wildman–Crippen LogP) is 7.90. The lowest BCUT2D eigenvalue weighted by atomic mass is 9.80. The first-order valence-electron chi connectivity index (χ1n) is 9.40. The van der Waals surface area contributed by atoms with E-state index in [1.54, 1.807) is 0 Å². The highest BCUT2D eigenvalue weighted by Crippen LogP contribution is 2.34. The minimum absolute atomic E-state index is 0.0486. The zero-order valence-electron chi connectivity index (χ0n) is 15.9. The normalized spacial score (nSPS) is 23.5. The molecular formula is C24H18Cl2N2S2. The number of benzene rings is 2. The van der Waals surface area contributed by atoms with Crippen molar-refractivity contribution < 1.29 is 0 Å². The highest BCUT2D eigenvalue weighted by molar-refractivity contribution is 7.98. The van der Waals surface area contributed by atoms with Crippen molar-refractivity contribution in [3.05, 3.63) is 107 Å². The fourth-order valence-electron chi connectivity index (χ4n) is 3.11. The molecule has 30 heavy (non-hydrogen) atoms. The number of nitrogens with zero attached hydrogens (tertiary/aromatic N) is 2. The lowest BCUT2D eigenvalue weighted by molar-refractivity contribution is 0.750. The summed E-state index contributed by atoms with van der Waals surface area (Å²) < 4.78 is 9.61. The SMILES string of the molecule is ClC1=CC(C2C=C(Cl)C=C/C2=N/Sc2ccccc2)/C(=N\Sc2ccccc2)C=C1. The van der Waals surface area contributed by atoms with Crippen LogP contribution in [-0.4, -0.2) is 11.4 Å². The van der Waals surface area contributed by atoms with Crippen LogP contribution < -0.4 is 0 Å². The van der Waals surface area contributed by atoms with Gasteiger partial charge in [0.1, 0.15) is 0 Å². The summed E-state index contributed by atoms with van der Waals surface area (Å²) in [4.78, 5) is 2.17. The van der Waals surface area contributed by atoms with Gasteiger partial charge in [-0.05, 0) is 48.6 Å². The molecule has 2 atom stereocenters. The molecule has 2 aromatic carbocycles. The molecule has 0 saturated carbocycles. The van der Waals surface area contributed by atoms with E-state index in [0.29, 0.717) is 10.1 Å². The topological polar surface area (TPSA) is 24.7 Å². The smallest absolute Gasteiger partial charge is 0.0570 e. The Balaban J connectivity index is 1.62. The van der Waals surface area contributed by atoms with Gasteiger partial charge in [0.05, 0.1) is 11.4 Å². The molecule has 0 saturated heterocycles. The largest absolute Gasteiger partial charge is 0.215 e. The van der Waals surface area contributed by atoms with E-state index in [-0.39, 0.29) is 11.8 Å². The van der Waals surface area contributed by atoms with Gasteiger partial charge in [0.2, 0.25) is 0 Å². The van der Waals surface area contributed by atoms with Crippen LogP contribution in [0.5, 0.6) is 0 Å². The van der Waals surface area contributed by atoms with Crippen molar-refractivity contribution in [1.82, 2.24) is 0 Å².